The van der Waals surface area contributed by atoms with Gasteiger partial charge in [0, 0.05) is 22.0 Å². The van der Waals surface area contributed by atoms with Crippen molar-refractivity contribution in [1.29, 1.82) is 0 Å². The van der Waals surface area contributed by atoms with Crippen LogP contribution in [-0.4, -0.2) is 17.1 Å². The van der Waals surface area contributed by atoms with Crippen LogP contribution in [0.3, 0.4) is 0 Å². The second kappa shape index (κ2) is 5.85. The van der Waals surface area contributed by atoms with E-state index in [0.717, 1.165) is 21.3 Å². The van der Waals surface area contributed by atoms with Crippen LogP contribution in [-0.2, 0) is 0 Å². The van der Waals surface area contributed by atoms with Crippen molar-refractivity contribution in [3.05, 3.63) is 64.0 Å². The number of nitrogens with zero attached hydrogens (tertiary/aromatic N) is 2. The Labute approximate surface area is 126 Å². The Hall–Kier alpha value is -2.53. The molecular weight excluding hydrogens is 282 g/mol. The lowest BCUT2D eigenvalue weighted by molar-refractivity contribution is 0.0959. The summed E-state index contributed by atoms with van der Waals surface area (Å²) in [5.41, 5.74) is 4.37. The van der Waals surface area contributed by atoms with Gasteiger partial charge in [-0.2, -0.15) is 5.10 Å². The maximum atomic E-state index is 11.9. The fraction of sp³-hybridized carbons (Fsp3) is 0.0625. The van der Waals surface area contributed by atoms with Gasteiger partial charge in [-0.25, -0.2) is 5.43 Å². The van der Waals surface area contributed by atoms with E-state index in [9.17, 15) is 4.79 Å². The first-order valence-electron chi connectivity index (χ1n) is 6.47. The van der Waals surface area contributed by atoms with Crippen LogP contribution in [0, 0.1) is 6.92 Å². The smallest absolute Gasteiger partial charge is 0.266 e. The van der Waals surface area contributed by atoms with Crippen LogP contribution in [0.1, 0.15) is 20.1 Å². The van der Waals surface area contributed by atoms with E-state index < -0.39 is 0 Å². The number of nitrogens with one attached hydrogen (secondary N) is 1. The fourth-order valence-electron chi connectivity index (χ4n) is 2.00. The number of carbonyl (C=O) groups excluding carboxylic acids is 1. The van der Waals surface area contributed by atoms with Gasteiger partial charge in [-0.3, -0.25) is 9.78 Å². The van der Waals surface area contributed by atoms with E-state index in [-0.39, 0.29) is 5.91 Å². The number of carbonyl (C=O) groups is 1. The summed E-state index contributed by atoms with van der Waals surface area (Å²) >= 11 is 1.45. The lowest BCUT2D eigenvalue weighted by atomic mass is 10.1. The van der Waals surface area contributed by atoms with Crippen LogP contribution < -0.4 is 5.43 Å². The first kappa shape index (κ1) is 13.5. The van der Waals surface area contributed by atoms with Gasteiger partial charge in [0.1, 0.15) is 0 Å². The van der Waals surface area contributed by atoms with Crippen molar-refractivity contribution in [1.82, 2.24) is 10.4 Å². The topological polar surface area (TPSA) is 54.4 Å². The molecule has 0 saturated heterocycles. The highest BCUT2D eigenvalue weighted by Crippen LogP contribution is 2.15. The summed E-state index contributed by atoms with van der Waals surface area (Å²) in [6, 6.07) is 13.4. The third-order valence-electron chi connectivity index (χ3n) is 3.02. The second-order valence-corrected chi connectivity index (χ2v) is 5.81. The van der Waals surface area contributed by atoms with Gasteiger partial charge in [-0.1, -0.05) is 18.2 Å². The molecule has 0 aliphatic rings. The molecule has 104 valence electrons. The molecule has 0 unspecified atom stereocenters. The molecule has 0 aliphatic carbocycles. The number of aromatic nitrogens is 1. The molecule has 21 heavy (non-hydrogen) atoms. The maximum Gasteiger partial charge on any atom is 0.281 e. The minimum Gasteiger partial charge on any atom is -0.266 e. The second-order valence-electron chi connectivity index (χ2n) is 4.53. The molecule has 3 aromatic rings. The minimum atomic E-state index is -0.192. The largest absolute Gasteiger partial charge is 0.281 e. The summed E-state index contributed by atoms with van der Waals surface area (Å²) in [4.78, 5) is 17.9. The predicted octanol–water partition coefficient (Wildman–Crippen LogP) is 3.37. The maximum absolute atomic E-state index is 11.9. The molecule has 2 aromatic heterocycles. The number of pyridine rings is 1. The molecule has 0 spiro atoms. The van der Waals surface area contributed by atoms with Crippen LogP contribution in [0.4, 0.5) is 0 Å². The number of rotatable bonds is 3. The van der Waals surface area contributed by atoms with Crippen LogP contribution in [0.2, 0.25) is 0 Å². The van der Waals surface area contributed by atoms with Crippen LogP contribution >= 0.6 is 11.3 Å². The van der Waals surface area contributed by atoms with E-state index in [1.54, 1.807) is 18.5 Å². The molecule has 4 nitrogen and oxygen atoms in total. The summed E-state index contributed by atoms with van der Waals surface area (Å²) in [5, 5.41) is 5.04. The zero-order valence-electron chi connectivity index (χ0n) is 11.4. The molecule has 1 aromatic carbocycles. The Morgan fingerprint density at radius 3 is 2.90 bits per heavy atom. The number of hydrogen-bond acceptors (Lipinski definition) is 4. The van der Waals surface area contributed by atoms with E-state index in [4.69, 9.17) is 0 Å². The van der Waals surface area contributed by atoms with Gasteiger partial charge in [0.05, 0.1) is 16.6 Å². The molecule has 0 radical (unpaired) electrons. The van der Waals surface area contributed by atoms with Crippen LogP contribution in [0.15, 0.2) is 53.8 Å². The number of aryl methyl sites for hydroxylation is 1. The first-order valence-corrected chi connectivity index (χ1v) is 7.29. The minimum absolute atomic E-state index is 0.192. The van der Waals surface area contributed by atoms with Gasteiger partial charge in [0.25, 0.3) is 5.91 Å². The van der Waals surface area contributed by atoms with Crippen molar-refractivity contribution in [3.63, 3.8) is 0 Å². The lowest BCUT2D eigenvalue weighted by Gasteiger charge is -2.00. The number of benzene rings is 1. The monoisotopic (exact) mass is 295 g/mol. The van der Waals surface area contributed by atoms with Crippen molar-refractivity contribution in [2.24, 2.45) is 5.10 Å². The van der Waals surface area contributed by atoms with E-state index in [1.165, 1.54) is 11.3 Å². The lowest BCUT2D eigenvalue weighted by Crippen LogP contribution is -2.16. The van der Waals surface area contributed by atoms with Crippen LogP contribution in [0.25, 0.3) is 10.9 Å². The summed E-state index contributed by atoms with van der Waals surface area (Å²) in [6.07, 6.45) is 3.37. The number of thiophene rings is 1. The molecule has 0 aliphatic heterocycles. The highest BCUT2D eigenvalue weighted by atomic mass is 32.1. The normalized spacial score (nSPS) is 11.1. The van der Waals surface area contributed by atoms with Gasteiger partial charge in [0.15, 0.2) is 0 Å². The standard InChI is InChI=1S/C16H13N3OS/c1-11-6-7-15(21-11)16(20)19-18-10-12-8-9-17-14-5-3-2-4-13(12)14/h2-10H,1H3,(H,19,20). The third kappa shape index (κ3) is 2.98. The summed E-state index contributed by atoms with van der Waals surface area (Å²) in [5.74, 6) is -0.192. The molecule has 3 rings (SSSR count). The van der Waals surface area contributed by atoms with Crippen molar-refractivity contribution < 1.29 is 4.79 Å². The Balaban J connectivity index is 1.78. The fourth-order valence-corrected chi connectivity index (χ4v) is 2.76. The molecule has 1 amide bonds. The highest BCUT2D eigenvalue weighted by Gasteiger charge is 2.06. The Bertz CT molecular complexity index is 818. The molecule has 0 bridgehead atoms. The summed E-state index contributed by atoms with van der Waals surface area (Å²) < 4.78 is 0. The molecule has 0 saturated carbocycles. The van der Waals surface area contributed by atoms with Crippen LogP contribution in [0.5, 0.6) is 0 Å². The van der Waals surface area contributed by atoms with Gasteiger partial charge < -0.3 is 0 Å². The quantitative estimate of drug-likeness (QED) is 0.595. The zero-order chi connectivity index (χ0) is 14.7. The number of para-hydroxylation sites is 1. The molecule has 1 N–H and O–H groups in total. The Kier molecular flexibility index (Phi) is 3.75. The Morgan fingerprint density at radius 1 is 1.24 bits per heavy atom. The first-order chi connectivity index (χ1) is 10.2. The Morgan fingerprint density at radius 2 is 2.10 bits per heavy atom. The molecule has 0 atom stereocenters. The molecule has 2 heterocycles. The third-order valence-corrected chi connectivity index (χ3v) is 4.02. The number of fused-ring (bicyclic) bond motifs is 1. The van der Waals surface area contributed by atoms with Crippen molar-refractivity contribution in [3.8, 4) is 0 Å². The number of hydrazone groups is 1. The molecule has 0 fully saturated rings. The van der Waals surface area contributed by atoms with Crippen molar-refractivity contribution in [2.45, 2.75) is 6.92 Å². The number of amides is 1. The van der Waals surface area contributed by atoms with Gasteiger partial charge >= 0.3 is 0 Å². The van der Waals surface area contributed by atoms with E-state index in [1.807, 2.05) is 43.3 Å². The average molecular weight is 295 g/mol. The summed E-state index contributed by atoms with van der Waals surface area (Å²) in [7, 11) is 0. The van der Waals surface area contributed by atoms with Gasteiger partial charge in [-0.05, 0) is 31.2 Å². The predicted molar refractivity (Wildman–Crippen MR) is 85.9 cm³/mol. The van der Waals surface area contributed by atoms with E-state index in [2.05, 4.69) is 15.5 Å². The average Bonchev–Trinajstić information content (AvgIpc) is 2.94. The van der Waals surface area contributed by atoms with Crippen molar-refractivity contribution >= 4 is 34.4 Å². The van der Waals surface area contributed by atoms with E-state index in [0.29, 0.717) is 4.88 Å². The molecular formula is C16H13N3OS. The summed E-state index contributed by atoms with van der Waals surface area (Å²) in [6.45, 7) is 1.97. The highest BCUT2D eigenvalue weighted by molar-refractivity contribution is 7.13. The SMILES string of the molecule is Cc1ccc(C(=O)NN=Cc2ccnc3ccccc23)s1. The zero-order valence-corrected chi connectivity index (χ0v) is 12.2. The van der Waals surface area contributed by atoms with Gasteiger partial charge in [-0.15, -0.1) is 11.3 Å². The van der Waals surface area contributed by atoms with Crippen molar-refractivity contribution in [2.75, 3.05) is 0 Å². The van der Waals surface area contributed by atoms with E-state index >= 15 is 0 Å². The van der Waals surface area contributed by atoms with Gasteiger partial charge in [0.2, 0.25) is 0 Å². The molecule has 5 heteroatoms. The number of hydrogen-bond donors (Lipinski definition) is 1.